The zero-order valence-corrected chi connectivity index (χ0v) is 6.71. The second kappa shape index (κ2) is 5.06. The van der Waals surface area contributed by atoms with Gasteiger partial charge in [0.25, 0.3) is 0 Å². The van der Waals surface area contributed by atoms with Crippen LogP contribution in [0.25, 0.3) is 0 Å². The fourth-order valence-corrected chi connectivity index (χ4v) is 0.547. The zero-order chi connectivity index (χ0) is 8.85. The summed E-state index contributed by atoms with van der Waals surface area (Å²) >= 11 is 0. The molecule has 1 amide bonds. The van der Waals surface area contributed by atoms with Gasteiger partial charge in [-0.25, -0.2) is 0 Å². The second-order valence-corrected chi connectivity index (χ2v) is 2.47. The van der Waals surface area contributed by atoms with Crippen molar-refractivity contribution in [2.75, 3.05) is 13.1 Å². The first-order valence-electron chi connectivity index (χ1n) is 3.58. The van der Waals surface area contributed by atoms with Crippen LogP contribution in [0, 0.1) is 0 Å². The van der Waals surface area contributed by atoms with Gasteiger partial charge < -0.3 is 22.5 Å². The molecule has 0 rings (SSSR count). The normalized spacial score (nSPS) is 13.2. The Balaban J connectivity index is 3.72. The van der Waals surface area contributed by atoms with Crippen molar-refractivity contribution >= 4 is 5.91 Å². The lowest BCUT2D eigenvalue weighted by Crippen LogP contribution is -2.49. The number of nitrogens with one attached hydrogen (secondary N) is 1. The van der Waals surface area contributed by atoms with E-state index in [1.54, 1.807) is 6.92 Å². The minimum Gasteiger partial charge on any atom is -0.349 e. The molecule has 0 aromatic rings. The maximum atomic E-state index is 10.9. The van der Waals surface area contributed by atoms with Gasteiger partial charge in [0.15, 0.2) is 0 Å². The molecule has 0 saturated carbocycles. The molecule has 0 spiro atoms. The van der Waals surface area contributed by atoms with Gasteiger partial charge in [0.1, 0.15) is 0 Å². The third-order valence-electron chi connectivity index (χ3n) is 1.33. The van der Waals surface area contributed by atoms with E-state index in [0.29, 0.717) is 13.1 Å². The molecular weight excluding hydrogens is 144 g/mol. The third-order valence-corrected chi connectivity index (χ3v) is 1.33. The summed E-state index contributed by atoms with van der Waals surface area (Å²) in [5.74, 6) is -0.217. The standard InChI is InChI=1S/C6H16N4O/c1-4(9)6(11)10-5(2-7)3-8/h4-5H,2-3,7-9H2,1H3,(H,10,11)/t4-/m0/s1. The quantitative estimate of drug-likeness (QED) is 0.372. The summed E-state index contributed by atoms with van der Waals surface area (Å²) in [6, 6.07) is -0.663. The molecule has 1 atom stereocenters. The zero-order valence-electron chi connectivity index (χ0n) is 6.71. The minimum atomic E-state index is -0.504. The lowest BCUT2D eigenvalue weighted by Gasteiger charge is -2.15. The first-order valence-corrected chi connectivity index (χ1v) is 3.58. The molecule has 0 radical (unpaired) electrons. The number of carbonyl (C=O) groups is 1. The number of hydrogen-bond acceptors (Lipinski definition) is 4. The van der Waals surface area contributed by atoms with E-state index >= 15 is 0 Å². The van der Waals surface area contributed by atoms with Crippen LogP contribution in [-0.2, 0) is 4.79 Å². The fraction of sp³-hybridized carbons (Fsp3) is 0.833. The van der Waals surface area contributed by atoms with E-state index in [2.05, 4.69) is 5.32 Å². The largest absolute Gasteiger partial charge is 0.349 e. The molecule has 0 aliphatic heterocycles. The Morgan fingerprint density at radius 3 is 2.18 bits per heavy atom. The minimum absolute atomic E-state index is 0.159. The summed E-state index contributed by atoms with van der Waals surface area (Å²) in [5.41, 5.74) is 15.9. The summed E-state index contributed by atoms with van der Waals surface area (Å²) in [4.78, 5) is 10.9. The van der Waals surface area contributed by atoms with Crippen LogP contribution in [0.2, 0.25) is 0 Å². The van der Waals surface area contributed by atoms with Crippen molar-refractivity contribution in [2.24, 2.45) is 17.2 Å². The van der Waals surface area contributed by atoms with Crippen molar-refractivity contribution in [2.45, 2.75) is 19.0 Å². The van der Waals surface area contributed by atoms with E-state index in [1.807, 2.05) is 0 Å². The molecule has 0 heterocycles. The Morgan fingerprint density at radius 1 is 1.45 bits per heavy atom. The van der Waals surface area contributed by atoms with Crippen LogP contribution >= 0.6 is 0 Å². The van der Waals surface area contributed by atoms with E-state index in [-0.39, 0.29) is 11.9 Å². The molecule has 0 saturated heterocycles. The molecule has 66 valence electrons. The Hall–Kier alpha value is -0.650. The lowest BCUT2D eigenvalue weighted by molar-refractivity contribution is -0.122. The predicted octanol–water partition coefficient (Wildman–Crippen LogP) is -2.26. The van der Waals surface area contributed by atoms with Crippen LogP contribution in [0.3, 0.4) is 0 Å². The number of nitrogens with two attached hydrogens (primary N) is 3. The predicted molar refractivity (Wildman–Crippen MR) is 43.7 cm³/mol. The third kappa shape index (κ3) is 3.92. The van der Waals surface area contributed by atoms with Crippen LogP contribution in [-0.4, -0.2) is 31.1 Å². The Morgan fingerprint density at radius 2 is 1.91 bits per heavy atom. The fourth-order valence-electron chi connectivity index (χ4n) is 0.547. The number of amides is 1. The average molecular weight is 160 g/mol. The number of carbonyl (C=O) groups excluding carboxylic acids is 1. The van der Waals surface area contributed by atoms with Crippen LogP contribution in [0.4, 0.5) is 0 Å². The molecule has 0 aromatic heterocycles. The Kier molecular flexibility index (Phi) is 4.76. The van der Waals surface area contributed by atoms with Gasteiger partial charge in [0, 0.05) is 13.1 Å². The highest BCUT2D eigenvalue weighted by Crippen LogP contribution is 1.79. The van der Waals surface area contributed by atoms with E-state index in [4.69, 9.17) is 17.2 Å². The van der Waals surface area contributed by atoms with Crippen LogP contribution < -0.4 is 22.5 Å². The van der Waals surface area contributed by atoms with E-state index in [9.17, 15) is 4.79 Å². The van der Waals surface area contributed by atoms with Gasteiger partial charge in [0.05, 0.1) is 12.1 Å². The van der Waals surface area contributed by atoms with Gasteiger partial charge in [-0.1, -0.05) is 0 Å². The SMILES string of the molecule is C[C@H](N)C(=O)NC(CN)CN. The van der Waals surface area contributed by atoms with Gasteiger partial charge in [-0.3, -0.25) is 4.79 Å². The molecular formula is C6H16N4O. The van der Waals surface area contributed by atoms with Crippen molar-refractivity contribution in [3.8, 4) is 0 Å². The van der Waals surface area contributed by atoms with Gasteiger partial charge in [-0.2, -0.15) is 0 Å². The second-order valence-electron chi connectivity index (χ2n) is 2.47. The molecule has 0 fully saturated rings. The van der Waals surface area contributed by atoms with E-state index in [0.717, 1.165) is 0 Å². The van der Waals surface area contributed by atoms with Crippen molar-refractivity contribution in [1.29, 1.82) is 0 Å². The van der Waals surface area contributed by atoms with E-state index in [1.165, 1.54) is 0 Å². The summed E-state index contributed by atoms with van der Waals surface area (Å²) in [5, 5.41) is 2.60. The van der Waals surface area contributed by atoms with Crippen LogP contribution in [0.5, 0.6) is 0 Å². The molecule has 5 nitrogen and oxygen atoms in total. The molecule has 11 heavy (non-hydrogen) atoms. The van der Waals surface area contributed by atoms with Crippen molar-refractivity contribution in [3.05, 3.63) is 0 Å². The molecule has 7 N–H and O–H groups in total. The molecule has 0 aliphatic carbocycles. The number of rotatable bonds is 4. The topological polar surface area (TPSA) is 107 Å². The van der Waals surface area contributed by atoms with Crippen molar-refractivity contribution in [1.82, 2.24) is 5.32 Å². The van der Waals surface area contributed by atoms with Crippen LogP contribution in [0.1, 0.15) is 6.92 Å². The van der Waals surface area contributed by atoms with Gasteiger partial charge >= 0.3 is 0 Å². The first kappa shape index (κ1) is 10.3. The highest BCUT2D eigenvalue weighted by atomic mass is 16.2. The maximum absolute atomic E-state index is 10.9. The summed E-state index contributed by atoms with van der Waals surface area (Å²) in [6.07, 6.45) is 0. The average Bonchev–Trinajstić information content (AvgIpc) is 1.99. The summed E-state index contributed by atoms with van der Waals surface area (Å²) in [6.45, 7) is 2.29. The van der Waals surface area contributed by atoms with Gasteiger partial charge in [-0.05, 0) is 6.92 Å². The summed E-state index contributed by atoms with van der Waals surface area (Å²) in [7, 11) is 0. The number of hydrogen-bond donors (Lipinski definition) is 4. The van der Waals surface area contributed by atoms with Gasteiger partial charge in [0.2, 0.25) is 5.91 Å². The van der Waals surface area contributed by atoms with Crippen molar-refractivity contribution < 1.29 is 4.79 Å². The first-order chi connectivity index (χ1) is 5.11. The molecule has 0 bridgehead atoms. The monoisotopic (exact) mass is 160 g/mol. The van der Waals surface area contributed by atoms with E-state index < -0.39 is 6.04 Å². The molecule has 5 heteroatoms. The van der Waals surface area contributed by atoms with Crippen LogP contribution in [0.15, 0.2) is 0 Å². The molecule has 0 unspecified atom stereocenters. The van der Waals surface area contributed by atoms with Gasteiger partial charge in [-0.15, -0.1) is 0 Å². The maximum Gasteiger partial charge on any atom is 0.236 e. The molecule has 0 aromatic carbocycles. The summed E-state index contributed by atoms with van der Waals surface area (Å²) < 4.78 is 0. The highest BCUT2D eigenvalue weighted by Gasteiger charge is 2.11. The molecule has 0 aliphatic rings. The van der Waals surface area contributed by atoms with Crippen molar-refractivity contribution in [3.63, 3.8) is 0 Å². The highest BCUT2D eigenvalue weighted by molar-refractivity contribution is 5.81. The smallest absolute Gasteiger partial charge is 0.236 e. The lowest BCUT2D eigenvalue weighted by atomic mass is 10.2. The Bertz CT molecular complexity index is 122. The Labute approximate surface area is 66.3 Å².